The number of carbonyl (C=O) groups is 1. The van der Waals surface area contributed by atoms with Gasteiger partial charge in [0.05, 0.1) is 19.3 Å². The summed E-state index contributed by atoms with van der Waals surface area (Å²) in [6, 6.07) is 5.07. The minimum atomic E-state index is -5.36. The summed E-state index contributed by atoms with van der Waals surface area (Å²) < 4.78 is 78.1. The van der Waals surface area contributed by atoms with Gasteiger partial charge in [0.25, 0.3) is 0 Å². The minimum Gasteiger partial charge on any atom is -0.490 e. The summed E-state index contributed by atoms with van der Waals surface area (Å²) in [6.07, 6.45) is 3.70. The van der Waals surface area contributed by atoms with Gasteiger partial charge in [0, 0.05) is 45.2 Å². The number of nitrogens with two attached hydrogens (primary N) is 1. The molecule has 0 saturated heterocycles. The van der Waals surface area contributed by atoms with Crippen LogP contribution in [0.25, 0.3) is 0 Å². The number of ether oxygens (including phenoxy) is 3. The predicted molar refractivity (Wildman–Crippen MR) is 168 cm³/mol. The second kappa shape index (κ2) is 20.9. The molecule has 0 aliphatic heterocycles. The first-order chi connectivity index (χ1) is 21.1. The summed E-state index contributed by atoms with van der Waals surface area (Å²) in [5.74, 6) is 0.936. The minimum absolute atomic E-state index is 0.0819. The fourth-order valence-electron chi connectivity index (χ4n) is 4.60. The number of methoxy groups -OCH3 is 1. The molecular weight excluding hydrogens is 615 g/mol. The van der Waals surface area contributed by atoms with Crippen molar-refractivity contribution in [2.75, 3.05) is 40.0 Å². The molecule has 262 valence electrons. The molecule has 0 radical (unpaired) electrons. The molecule has 0 bridgehead atoms. The van der Waals surface area contributed by atoms with Crippen LogP contribution in [-0.2, 0) is 26.0 Å². The molecular formula is C31H54F3N3O7S. The maximum absolute atomic E-state index is 12.5. The van der Waals surface area contributed by atoms with Gasteiger partial charge < -0.3 is 30.4 Å². The van der Waals surface area contributed by atoms with E-state index in [9.17, 15) is 31.5 Å². The quantitative estimate of drug-likeness (QED) is 0.117. The van der Waals surface area contributed by atoms with Gasteiger partial charge in [-0.25, -0.2) is 13.1 Å². The molecule has 0 aliphatic rings. The molecule has 4 atom stereocenters. The number of rotatable bonds is 24. The number of unbranched alkanes of at least 4 members (excludes halogenated alkanes) is 2. The van der Waals surface area contributed by atoms with E-state index in [1.807, 2.05) is 12.1 Å². The Morgan fingerprint density at radius 2 is 1.64 bits per heavy atom. The molecule has 1 aromatic carbocycles. The number of amides is 1. The standard InChI is InChI=1S/C31H54F3N3O7S/c1-6-7-13-36-30(39)23(4)18-27(38)26(35)21-25(22(2)3)19-24-11-12-28(29(20-24)44-17-10-15-42-5)43-16-9-8-14-37-45(40,41)31(32,33)34/h11-12,20,22-23,25-27,37-38H,6-10,13-19,21,35H2,1-5H3,(H,36,39)/t23-,25+,26+,27+/m1/s1. The zero-order chi connectivity index (χ0) is 34.0. The molecule has 45 heavy (non-hydrogen) atoms. The van der Waals surface area contributed by atoms with Gasteiger partial charge >= 0.3 is 15.5 Å². The van der Waals surface area contributed by atoms with Gasteiger partial charge in [0.2, 0.25) is 5.91 Å². The Labute approximate surface area is 267 Å². The monoisotopic (exact) mass is 669 g/mol. The van der Waals surface area contributed by atoms with E-state index in [2.05, 4.69) is 26.1 Å². The summed E-state index contributed by atoms with van der Waals surface area (Å²) in [5, 5.41) is 13.7. The van der Waals surface area contributed by atoms with Crippen LogP contribution in [0, 0.1) is 17.8 Å². The van der Waals surface area contributed by atoms with Crippen molar-refractivity contribution in [3.05, 3.63) is 23.8 Å². The Balaban J connectivity index is 2.83. The fourth-order valence-corrected chi connectivity index (χ4v) is 5.18. The zero-order valence-corrected chi connectivity index (χ0v) is 28.1. The molecule has 10 nitrogen and oxygen atoms in total. The number of aliphatic hydroxyl groups excluding tert-OH is 1. The number of sulfonamides is 1. The van der Waals surface area contributed by atoms with Crippen LogP contribution in [0.5, 0.6) is 11.5 Å². The molecule has 1 aromatic rings. The molecule has 0 saturated carbocycles. The maximum Gasteiger partial charge on any atom is 0.511 e. The molecule has 0 heterocycles. The van der Waals surface area contributed by atoms with Crippen molar-refractivity contribution in [2.45, 2.75) is 96.7 Å². The Hall–Kier alpha value is -2.13. The lowest BCUT2D eigenvalue weighted by Gasteiger charge is -2.28. The third-order valence-electron chi connectivity index (χ3n) is 7.57. The second-order valence-corrected chi connectivity index (χ2v) is 13.6. The summed E-state index contributed by atoms with van der Waals surface area (Å²) in [5.41, 5.74) is 2.07. The molecule has 0 aliphatic carbocycles. The largest absolute Gasteiger partial charge is 0.511 e. The lowest BCUT2D eigenvalue weighted by molar-refractivity contribution is -0.125. The van der Waals surface area contributed by atoms with Crippen molar-refractivity contribution in [3.8, 4) is 11.5 Å². The van der Waals surface area contributed by atoms with E-state index in [1.54, 1.807) is 20.1 Å². The topological polar surface area (TPSA) is 149 Å². The average molecular weight is 670 g/mol. The van der Waals surface area contributed by atoms with Crippen LogP contribution in [-0.4, -0.2) is 77.1 Å². The predicted octanol–water partition coefficient (Wildman–Crippen LogP) is 4.54. The highest BCUT2D eigenvalue weighted by Crippen LogP contribution is 2.32. The first-order valence-corrected chi connectivity index (χ1v) is 17.3. The smallest absolute Gasteiger partial charge is 0.490 e. The van der Waals surface area contributed by atoms with Crippen molar-refractivity contribution in [2.24, 2.45) is 23.5 Å². The van der Waals surface area contributed by atoms with Crippen LogP contribution >= 0.6 is 0 Å². The molecule has 0 fully saturated rings. The lowest BCUT2D eigenvalue weighted by atomic mass is 9.82. The van der Waals surface area contributed by atoms with E-state index in [-0.39, 0.29) is 49.7 Å². The van der Waals surface area contributed by atoms with Crippen molar-refractivity contribution < 1.29 is 45.7 Å². The highest BCUT2D eigenvalue weighted by Gasteiger charge is 2.45. The Morgan fingerprint density at radius 3 is 2.27 bits per heavy atom. The average Bonchev–Trinajstić information content (AvgIpc) is 2.96. The van der Waals surface area contributed by atoms with Crippen molar-refractivity contribution in [1.82, 2.24) is 10.0 Å². The fraction of sp³-hybridized carbons (Fsp3) is 0.774. The number of halogens is 3. The molecule has 1 rings (SSSR count). The number of nitrogens with one attached hydrogen (secondary N) is 2. The first kappa shape index (κ1) is 40.9. The van der Waals surface area contributed by atoms with Crippen LogP contribution in [0.15, 0.2) is 18.2 Å². The van der Waals surface area contributed by atoms with E-state index in [4.69, 9.17) is 19.9 Å². The number of hydrogen-bond donors (Lipinski definition) is 4. The van der Waals surface area contributed by atoms with Crippen LogP contribution in [0.3, 0.4) is 0 Å². The molecule has 1 amide bonds. The number of carbonyl (C=O) groups excluding carboxylic acids is 1. The van der Waals surface area contributed by atoms with E-state index < -0.39 is 27.7 Å². The molecule has 5 N–H and O–H groups in total. The summed E-state index contributed by atoms with van der Waals surface area (Å²) >= 11 is 0. The molecule has 0 spiro atoms. The van der Waals surface area contributed by atoms with Crippen LogP contribution < -0.4 is 25.2 Å². The molecule has 14 heteroatoms. The second-order valence-electron chi connectivity index (χ2n) is 11.8. The van der Waals surface area contributed by atoms with Crippen molar-refractivity contribution >= 4 is 15.9 Å². The normalized spacial score (nSPS) is 15.0. The Morgan fingerprint density at radius 1 is 0.978 bits per heavy atom. The Kier molecular flexibility index (Phi) is 19.0. The van der Waals surface area contributed by atoms with Gasteiger partial charge in [-0.15, -0.1) is 0 Å². The lowest BCUT2D eigenvalue weighted by Crippen LogP contribution is -2.41. The number of aliphatic hydroxyl groups is 1. The van der Waals surface area contributed by atoms with Gasteiger partial charge in [-0.05, 0) is 68.1 Å². The van der Waals surface area contributed by atoms with Crippen LogP contribution in [0.4, 0.5) is 13.2 Å². The van der Waals surface area contributed by atoms with E-state index in [0.717, 1.165) is 18.4 Å². The van der Waals surface area contributed by atoms with Gasteiger partial charge in [-0.1, -0.05) is 40.2 Å². The van der Waals surface area contributed by atoms with Crippen LogP contribution in [0.1, 0.15) is 78.2 Å². The zero-order valence-electron chi connectivity index (χ0n) is 27.3. The van der Waals surface area contributed by atoms with Crippen LogP contribution in [0.2, 0.25) is 0 Å². The number of hydrogen-bond acceptors (Lipinski definition) is 8. The van der Waals surface area contributed by atoms with E-state index >= 15 is 0 Å². The van der Waals surface area contributed by atoms with Gasteiger partial charge in [-0.3, -0.25) is 4.79 Å². The van der Waals surface area contributed by atoms with Crippen molar-refractivity contribution in [3.63, 3.8) is 0 Å². The number of alkyl halides is 3. The van der Waals surface area contributed by atoms with Gasteiger partial charge in [0.1, 0.15) is 0 Å². The number of benzene rings is 1. The summed E-state index contributed by atoms with van der Waals surface area (Å²) in [6.45, 7) is 9.35. The van der Waals surface area contributed by atoms with Gasteiger partial charge in [0.15, 0.2) is 11.5 Å². The molecule has 0 unspecified atom stereocenters. The highest BCUT2D eigenvalue weighted by atomic mass is 32.2. The summed E-state index contributed by atoms with van der Waals surface area (Å²) in [7, 11) is -3.77. The van der Waals surface area contributed by atoms with Gasteiger partial charge in [-0.2, -0.15) is 13.2 Å². The maximum atomic E-state index is 12.5. The third kappa shape index (κ3) is 15.8. The summed E-state index contributed by atoms with van der Waals surface area (Å²) in [4.78, 5) is 12.3. The van der Waals surface area contributed by atoms with E-state index in [1.165, 1.54) is 4.72 Å². The Bertz CT molecular complexity index is 1090. The van der Waals surface area contributed by atoms with Crippen molar-refractivity contribution in [1.29, 1.82) is 0 Å². The first-order valence-electron chi connectivity index (χ1n) is 15.8. The SMILES string of the molecule is CCCCNC(=O)[C@H](C)C[C@H](O)[C@@H](N)C[C@H](Cc1ccc(OCCCCNS(=O)(=O)C(F)(F)F)c(OCCCOC)c1)C(C)C. The highest BCUT2D eigenvalue weighted by molar-refractivity contribution is 7.90. The molecule has 0 aromatic heterocycles. The third-order valence-corrected chi connectivity index (χ3v) is 8.76. The van der Waals surface area contributed by atoms with E-state index in [0.29, 0.717) is 56.9 Å².